The maximum Gasteiger partial charge on any atom is 0.220 e. The molecule has 0 aliphatic rings. The summed E-state index contributed by atoms with van der Waals surface area (Å²) in [5.74, 6) is -0.0104. The van der Waals surface area contributed by atoms with Crippen molar-refractivity contribution >= 4 is 34.8 Å². The molecule has 0 heterocycles. The van der Waals surface area contributed by atoms with Crippen LogP contribution in [0.3, 0.4) is 0 Å². The maximum absolute atomic E-state index is 12.1. The van der Waals surface area contributed by atoms with Crippen LogP contribution < -0.4 is 10.2 Å². The highest BCUT2D eigenvalue weighted by Gasteiger charge is 2.09. The van der Waals surface area contributed by atoms with E-state index in [1.165, 1.54) is 5.69 Å². The molecule has 1 amide bonds. The number of halogens is 2. The van der Waals surface area contributed by atoms with Crippen molar-refractivity contribution in [3.8, 4) is 0 Å². The van der Waals surface area contributed by atoms with Crippen molar-refractivity contribution in [3.63, 3.8) is 0 Å². The fourth-order valence-corrected chi connectivity index (χ4v) is 3.30. The van der Waals surface area contributed by atoms with Gasteiger partial charge in [-0.3, -0.25) is 4.79 Å². The quantitative estimate of drug-likeness (QED) is 0.693. The number of benzene rings is 2. The van der Waals surface area contributed by atoms with Crippen LogP contribution in [0, 0.1) is 0 Å². The molecule has 0 fully saturated rings. The minimum atomic E-state index is -0.0104. The van der Waals surface area contributed by atoms with Gasteiger partial charge in [-0.2, -0.15) is 0 Å². The van der Waals surface area contributed by atoms with Gasteiger partial charge in [-0.15, -0.1) is 0 Å². The van der Waals surface area contributed by atoms with Gasteiger partial charge in [-0.25, -0.2) is 0 Å². The lowest BCUT2D eigenvalue weighted by Crippen LogP contribution is -2.23. The molecular formula is C20H24Cl2N2O. The number of carbonyl (C=O) groups excluding carboxylic acids is 1. The van der Waals surface area contributed by atoms with Crippen LogP contribution >= 0.6 is 23.2 Å². The van der Waals surface area contributed by atoms with Crippen LogP contribution in [-0.2, 0) is 17.8 Å². The number of nitrogens with one attached hydrogen (secondary N) is 1. The third kappa shape index (κ3) is 5.65. The minimum absolute atomic E-state index is 0.0104. The van der Waals surface area contributed by atoms with Crippen LogP contribution in [0.5, 0.6) is 0 Å². The second-order valence-electron chi connectivity index (χ2n) is 5.82. The Morgan fingerprint density at radius 1 is 1.00 bits per heavy atom. The molecule has 0 aliphatic carbocycles. The molecule has 0 radical (unpaired) electrons. The predicted molar refractivity (Wildman–Crippen MR) is 107 cm³/mol. The first-order valence-electron chi connectivity index (χ1n) is 8.58. The molecule has 1 N–H and O–H groups in total. The molecule has 5 heteroatoms. The molecule has 0 saturated carbocycles. The van der Waals surface area contributed by atoms with Crippen LogP contribution in [0.4, 0.5) is 5.69 Å². The van der Waals surface area contributed by atoms with Crippen molar-refractivity contribution in [3.05, 3.63) is 63.6 Å². The molecule has 0 spiro atoms. The Bertz CT molecular complexity index is 677. The molecule has 25 heavy (non-hydrogen) atoms. The first-order valence-corrected chi connectivity index (χ1v) is 9.34. The normalized spacial score (nSPS) is 10.6. The van der Waals surface area contributed by atoms with Gasteiger partial charge in [0.15, 0.2) is 0 Å². The summed E-state index contributed by atoms with van der Waals surface area (Å²) in [5.41, 5.74) is 3.11. The van der Waals surface area contributed by atoms with Crippen LogP contribution in [0.2, 0.25) is 10.0 Å². The summed E-state index contributed by atoms with van der Waals surface area (Å²) in [5, 5.41) is 4.15. The Kier molecular flexibility index (Phi) is 7.60. The van der Waals surface area contributed by atoms with E-state index in [2.05, 4.69) is 48.3 Å². The Hall–Kier alpha value is -1.71. The molecule has 2 rings (SSSR count). The van der Waals surface area contributed by atoms with Gasteiger partial charge in [-0.1, -0.05) is 41.4 Å². The summed E-state index contributed by atoms with van der Waals surface area (Å²) in [7, 11) is 0. The molecule has 0 saturated heterocycles. The van der Waals surface area contributed by atoms with E-state index in [-0.39, 0.29) is 5.91 Å². The average Bonchev–Trinajstić information content (AvgIpc) is 2.61. The maximum atomic E-state index is 12.1. The van der Waals surface area contributed by atoms with Crippen molar-refractivity contribution in [2.24, 2.45) is 0 Å². The Labute approximate surface area is 159 Å². The molecule has 0 unspecified atom stereocenters. The van der Waals surface area contributed by atoms with Gasteiger partial charge < -0.3 is 10.2 Å². The summed E-state index contributed by atoms with van der Waals surface area (Å²) in [6.45, 7) is 6.77. The fourth-order valence-electron chi connectivity index (χ4n) is 2.71. The van der Waals surface area contributed by atoms with Gasteiger partial charge in [0.25, 0.3) is 0 Å². The predicted octanol–water partition coefficient (Wildman–Crippen LogP) is 5.09. The van der Waals surface area contributed by atoms with Crippen LogP contribution in [0.15, 0.2) is 42.5 Å². The van der Waals surface area contributed by atoms with E-state index in [0.717, 1.165) is 24.2 Å². The van der Waals surface area contributed by atoms with E-state index in [0.29, 0.717) is 29.4 Å². The van der Waals surface area contributed by atoms with Gasteiger partial charge in [0.05, 0.1) is 0 Å². The van der Waals surface area contributed by atoms with E-state index in [1.54, 1.807) is 18.2 Å². The number of anilines is 1. The topological polar surface area (TPSA) is 32.3 Å². The van der Waals surface area contributed by atoms with Crippen molar-refractivity contribution < 1.29 is 4.79 Å². The standard InChI is InChI=1S/C20H24Cl2N2O/c1-3-24(4-2)16-10-8-15(9-11-16)14-23-20(25)13-12-17-18(21)6-5-7-19(17)22/h5-11H,3-4,12-14H2,1-2H3,(H,23,25). The molecule has 2 aromatic rings. The van der Waals surface area contributed by atoms with E-state index in [1.807, 2.05) is 0 Å². The van der Waals surface area contributed by atoms with Gasteiger partial charge in [0.1, 0.15) is 0 Å². The van der Waals surface area contributed by atoms with E-state index in [9.17, 15) is 4.79 Å². The summed E-state index contributed by atoms with van der Waals surface area (Å²) in [6, 6.07) is 13.7. The second kappa shape index (κ2) is 9.69. The smallest absolute Gasteiger partial charge is 0.220 e. The lowest BCUT2D eigenvalue weighted by atomic mass is 10.1. The fraction of sp³-hybridized carbons (Fsp3) is 0.350. The average molecular weight is 379 g/mol. The van der Waals surface area contributed by atoms with Crippen molar-refractivity contribution in [1.29, 1.82) is 0 Å². The van der Waals surface area contributed by atoms with Gasteiger partial charge in [-0.05, 0) is 55.7 Å². The van der Waals surface area contributed by atoms with Crippen molar-refractivity contribution in [1.82, 2.24) is 5.32 Å². The van der Waals surface area contributed by atoms with Crippen molar-refractivity contribution in [2.75, 3.05) is 18.0 Å². The highest BCUT2D eigenvalue weighted by atomic mass is 35.5. The van der Waals surface area contributed by atoms with Crippen LogP contribution in [0.1, 0.15) is 31.4 Å². The minimum Gasteiger partial charge on any atom is -0.372 e. The largest absolute Gasteiger partial charge is 0.372 e. The number of carbonyl (C=O) groups is 1. The van der Waals surface area contributed by atoms with Gasteiger partial charge in [0.2, 0.25) is 5.91 Å². The molecule has 134 valence electrons. The second-order valence-corrected chi connectivity index (χ2v) is 6.63. The highest BCUT2D eigenvalue weighted by Crippen LogP contribution is 2.25. The van der Waals surface area contributed by atoms with Gasteiger partial charge in [0, 0.05) is 41.8 Å². The van der Waals surface area contributed by atoms with E-state index in [4.69, 9.17) is 23.2 Å². The Balaban J connectivity index is 1.84. The highest BCUT2D eigenvalue weighted by molar-refractivity contribution is 6.36. The van der Waals surface area contributed by atoms with Crippen LogP contribution in [0.25, 0.3) is 0 Å². The zero-order valence-corrected chi connectivity index (χ0v) is 16.2. The molecular weight excluding hydrogens is 355 g/mol. The number of hydrogen-bond donors (Lipinski definition) is 1. The number of rotatable bonds is 8. The lowest BCUT2D eigenvalue weighted by Gasteiger charge is -2.21. The number of nitrogens with zero attached hydrogens (tertiary/aromatic N) is 1. The van der Waals surface area contributed by atoms with Crippen molar-refractivity contribution in [2.45, 2.75) is 33.2 Å². The first-order chi connectivity index (χ1) is 12.0. The SMILES string of the molecule is CCN(CC)c1ccc(CNC(=O)CCc2c(Cl)cccc2Cl)cc1. The zero-order chi connectivity index (χ0) is 18.2. The molecule has 0 bridgehead atoms. The first kappa shape index (κ1) is 19.6. The van der Waals surface area contributed by atoms with Gasteiger partial charge >= 0.3 is 0 Å². The molecule has 2 aromatic carbocycles. The van der Waals surface area contributed by atoms with E-state index >= 15 is 0 Å². The van der Waals surface area contributed by atoms with E-state index < -0.39 is 0 Å². The number of amides is 1. The Morgan fingerprint density at radius 2 is 1.60 bits per heavy atom. The summed E-state index contributed by atoms with van der Waals surface area (Å²) >= 11 is 12.3. The molecule has 0 aromatic heterocycles. The molecule has 3 nitrogen and oxygen atoms in total. The third-order valence-corrected chi connectivity index (χ3v) is 4.93. The summed E-state index contributed by atoms with van der Waals surface area (Å²) < 4.78 is 0. The third-order valence-electron chi connectivity index (χ3n) is 4.22. The molecule has 0 aliphatic heterocycles. The van der Waals surface area contributed by atoms with Crippen LogP contribution in [-0.4, -0.2) is 19.0 Å². The monoisotopic (exact) mass is 378 g/mol. The Morgan fingerprint density at radius 3 is 2.16 bits per heavy atom. The number of hydrogen-bond acceptors (Lipinski definition) is 2. The lowest BCUT2D eigenvalue weighted by molar-refractivity contribution is -0.121. The zero-order valence-electron chi connectivity index (χ0n) is 14.7. The summed E-state index contributed by atoms with van der Waals surface area (Å²) in [6.07, 6.45) is 0.895. The molecule has 0 atom stereocenters. The summed E-state index contributed by atoms with van der Waals surface area (Å²) in [4.78, 5) is 14.4.